The standard InChI is InChI=1S/C10H10Cl2O4S/c1-6-7(5-17(12,13)14)4-8(11)10-9(6)15-2-3-16-10/h4H,2-3,5H2,1H3. The molecule has 1 aromatic rings. The molecule has 0 aromatic heterocycles. The van der Waals surface area contributed by atoms with Crippen molar-refractivity contribution in [3.63, 3.8) is 0 Å². The van der Waals surface area contributed by atoms with E-state index in [1.165, 1.54) is 0 Å². The van der Waals surface area contributed by atoms with Crippen LogP contribution in [0.3, 0.4) is 0 Å². The number of halogens is 2. The second-order valence-corrected chi connectivity index (χ2v) is 6.87. The average Bonchev–Trinajstić information content (AvgIpc) is 2.24. The molecule has 0 N–H and O–H groups in total. The molecule has 1 heterocycles. The van der Waals surface area contributed by atoms with Crippen molar-refractivity contribution in [2.45, 2.75) is 12.7 Å². The minimum absolute atomic E-state index is 0.281. The Balaban J connectivity index is 2.52. The van der Waals surface area contributed by atoms with Gasteiger partial charge in [-0.25, -0.2) is 8.42 Å². The second-order valence-electron chi connectivity index (χ2n) is 3.68. The first kappa shape index (κ1) is 12.8. The van der Waals surface area contributed by atoms with Crippen LogP contribution < -0.4 is 9.47 Å². The van der Waals surface area contributed by atoms with E-state index in [1.54, 1.807) is 13.0 Å². The Morgan fingerprint density at radius 3 is 2.47 bits per heavy atom. The van der Waals surface area contributed by atoms with Crippen molar-refractivity contribution in [2.24, 2.45) is 0 Å². The van der Waals surface area contributed by atoms with Crippen LogP contribution in [-0.2, 0) is 14.8 Å². The summed E-state index contributed by atoms with van der Waals surface area (Å²) in [6.07, 6.45) is 0. The first-order chi connectivity index (χ1) is 7.88. The van der Waals surface area contributed by atoms with Crippen molar-refractivity contribution in [1.82, 2.24) is 0 Å². The Morgan fingerprint density at radius 2 is 1.88 bits per heavy atom. The molecule has 1 aliphatic rings. The minimum Gasteiger partial charge on any atom is -0.486 e. The fraction of sp³-hybridized carbons (Fsp3) is 0.400. The molecule has 1 aliphatic heterocycles. The van der Waals surface area contributed by atoms with Gasteiger partial charge in [-0.1, -0.05) is 11.6 Å². The third-order valence-electron chi connectivity index (χ3n) is 2.45. The molecule has 94 valence electrons. The molecule has 4 nitrogen and oxygen atoms in total. The van der Waals surface area contributed by atoms with Gasteiger partial charge < -0.3 is 9.47 Å². The largest absolute Gasteiger partial charge is 0.486 e. The highest BCUT2D eigenvalue weighted by Gasteiger charge is 2.22. The lowest BCUT2D eigenvalue weighted by Crippen LogP contribution is -2.17. The summed E-state index contributed by atoms with van der Waals surface area (Å²) >= 11 is 6.01. The highest BCUT2D eigenvalue weighted by atomic mass is 35.7. The van der Waals surface area contributed by atoms with Gasteiger partial charge in [0.05, 0.1) is 10.8 Å². The Kier molecular flexibility index (Phi) is 3.43. The van der Waals surface area contributed by atoms with Crippen LogP contribution in [0.4, 0.5) is 0 Å². The van der Waals surface area contributed by atoms with Gasteiger partial charge in [0.2, 0.25) is 9.05 Å². The van der Waals surface area contributed by atoms with Crippen LogP contribution in [0.2, 0.25) is 5.02 Å². The van der Waals surface area contributed by atoms with E-state index >= 15 is 0 Å². The van der Waals surface area contributed by atoms with E-state index in [1.807, 2.05) is 0 Å². The number of ether oxygens (including phenoxy) is 2. The maximum Gasteiger partial charge on any atom is 0.236 e. The van der Waals surface area contributed by atoms with E-state index in [0.717, 1.165) is 0 Å². The molecule has 0 saturated heterocycles. The summed E-state index contributed by atoms with van der Waals surface area (Å²) in [6, 6.07) is 1.55. The third-order valence-corrected chi connectivity index (χ3v) is 3.71. The van der Waals surface area contributed by atoms with Crippen molar-refractivity contribution in [3.05, 3.63) is 22.2 Å². The smallest absolute Gasteiger partial charge is 0.236 e. The molecule has 17 heavy (non-hydrogen) atoms. The summed E-state index contributed by atoms with van der Waals surface area (Å²) in [5.74, 6) is 0.682. The number of benzene rings is 1. The lowest BCUT2D eigenvalue weighted by Gasteiger charge is -2.22. The quantitative estimate of drug-likeness (QED) is 0.787. The molecular formula is C10H10Cl2O4S. The molecule has 2 rings (SSSR count). The average molecular weight is 297 g/mol. The van der Waals surface area contributed by atoms with Crippen LogP contribution in [0.15, 0.2) is 6.07 Å². The molecule has 0 radical (unpaired) electrons. The Bertz CT molecular complexity index is 554. The maximum absolute atomic E-state index is 11.1. The molecule has 7 heteroatoms. The molecule has 0 amide bonds. The zero-order valence-corrected chi connectivity index (χ0v) is 11.3. The summed E-state index contributed by atoms with van der Waals surface area (Å²) in [7, 11) is 1.61. The Labute approximate surface area is 109 Å². The maximum atomic E-state index is 11.1. The van der Waals surface area contributed by atoms with E-state index in [9.17, 15) is 8.42 Å². The minimum atomic E-state index is -3.63. The molecule has 0 atom stereocenters. The lowest BCUT2D eigenvalue weighted by molar-refractivity contribution is 0.170. The van der Waals surface area contributed by atoms with Crippen molar-refractivity contribution >= 4 is 31.3 Å². The Hall–Kier alpha value is -0.650. The Morgan fingerprint density at radius 1 is 1.29 bits per heavy atom. The number of hydrogen-bond acceptors (Lipinski definition) is 4. The van der Waals surface area contributed by atoms with E-state index in [-0.39, 0.29) is 5.75 Å². The van der Waals surface area contributed by atoms with Gasteiger partial charge in [0.15, 0.2) is 11.5 Å². The first-order valence-electron chi connectivity index (χ1n) is 4.88. The predicted molar refractivity (Wildman–Crippen MR) is 65.7 cm³/mol. The zero-order valence-electron chi connectivity index (χ0n) is 9.00. The van der Waals surface area contributed by atoms with Crippen LogP contribution in [-0.4, -0.2) is 21.6 Å². The van der Waals surface area contributed by atoms with Gasteiger partial charge in [-0.15, -0.1) is 0 Å². The monoisotopic (exact) mass is 296 g/mol. The van der Waals surface area contributed by atoms with E-state index in [4.69, 9.17) is 31.8 Å². The number of fused-ring (bicyclic) bond motifs is 1. The van der Waals surface area contributed by atoms with Crippen molar-refractivity contribution in [2.75, 3.05) is 13.2 Å². The molecular weight excluding hydrogens is 287 g/mol. The molecule has 0 bridgehead atoms. The highest BCUT2D eigenvalue weighted by molar-refractivity contribution is 8.13. The molecule has 0 fully saturated rings. The predicted octanol–water partition coefficient (Wildman–Crippen LogP) is 2.49. The van der Waals surface area contributed by atoms with Crippen LogP contribution in [0.25, 0.3) is 0 Å². The third kappa shape index (κ3) is 2.78. The van der Waals surface area contributed by atoms with Gasteiger partial charge in [-0.05, 0) is 24.1 Å². The summed E-state index contributed by atoms with van der Waals surface area (Å²) < 4.78 is 33.0. The molecule has 1 aromatic carbocycles. The van der Waals surface area contributed by atoms with Crippen molar-refractivity contribution in [3.8, 4) is 11.5 Å². The van der Waals surface area contributed by atoms with Crippen LogP contribution in [0.1, 0.15) is 11.1 Å². The van der Waals surface area contributed by atoms with E-state index in [2.05, 4.69) is 0 Å². The van der Waals surface area contributed by atoms with Crippen LogP contribution >= 0.6 is 22.3 Å². The van der Waals surface area contributed by atoms with Gasteiger partial charge in [0.25, 0.3) is 0 Å². The highest BCUT2D eigenvalue weighted by Crippen LogP contribution is 2.42. The fourth-order valence-electron chi connectivity index (χ4n) is 1.68. The number of hydrogen-bond donors (Lipinski definition) is 0. The van der Waals surface area contributed by atoms with E-state index in [0.29, 0.717) is 40.9 Å². The number of rotatable bonds is 2. The second kappa shape index (κ2) is 4.55. The molecule has 0 saturated carbocycles. The van der Waals surface area contributed by atoms with Gasteiger partial charge in [0, 0.05) is 10.7 Å². The molecule has 0 spiro atoms. The van der Waals surface area contributed by atoms with Crippen molar-refractivity contribution in [1.29, 1.82) is 0 Å². The summed E-state index contributed by atoms with van der Waals surface area (Å²) in [5, 5.41) is 0.334. The van der Waals surface area contributed by atoms with Crippen LogP contribution in [0.5, 0.6) is 11.5 Å². The SMILES string of the molecule is Cc1c(CS(=O)(=O)Cl)cc(Cl)c2c1OCCO2. The zero-order chi connectivity index (χ0) is 12.6. The van der Waals surface area contributed by atoms with Gasteiger partial charge in [-0.2, -0.15) is 0 Å². The fourth-order valence-corrected chi connectivity index (χ4v) is 2.98. The van der Waals surface area contributed by atoms with Crippen LogP contribution in [0, 0.1) is 6.92 Å². The first-order valence-corrected chi connectivity index (χ1v) is 7.74. The van der Waals surface area contributed by atoms with Gasteiger partial charge in [-0.3, -0.25) is 0 Å². The van der Waals surface area contributed by atoms with Gasteiger partial charge >= 0.3 is 0 Å². The summed E-state index contributed by atoms with van der Waals surface area (Å²) in [5.41, 5.74) is 1.21. The summed E-state index contributed by atoms with van der Waals surface area (Å²) in [6.45, 7) is 2.60. The molecule has 0 unspecified atom stereocenters. The molecule has 0 aliphatic carbocycles. The van der Waals surface area contributed by atoms with Crippen molar-refractivity contribution < 1.29 is 17.9 Å². The lowest BCUT2D eigenvalue weighted by atomic mass is 10.1. The van der Waals surface area contributed by atoms with Gasteiger partial charge in [0.1, 0.15) is 13.2 Å². The normalized spacial score (nSPS) is 14.8. The van der Waals surface area contributed by atoms with E-state index < -0.39 is 9.05 Å². The summed E-state index contributed by atoms with van der Waals surface area (Å²) in [4.78, 5) is 0. The topological polar surface area (TPSA) is 52.6 Å².